The third-order valence-electron chi connectivity index (χ3n) is 4.58. The maximum atomic E-state index is 12.3. The minimum atomic E-state index is -0.00243. The van der Waals surface area contributed by atoms with Gasteiger partial charge in [0, 0.05) is 6.54 Å². The highest BCUT2D eigenvalue weighted by Crippen LogP contribution is 2.36. The molecule has 3 rings (SSSR count). The van der Waals surface area contributed by atoms with E-state index in [1.807, 2.05) is 18.8 Å². The zero-order chi connectivity index (χ0) is 18.5. The fourth-order valence-electron chi connectivity index (χ4n) is 2.79. The third kappa shape index (κ3) is 4.82. The van der Waals surface area contributed by atoms with Crippen molar-refractivity contribution in [3.8, 4) is 0 Å². The minimum absolute atomic E-state index is 0.00243. The highest BCUT2D eigenvalue weighted by molar-refractivity contribution is 7.99. The third-order valence-corrected chi connectivity index (χ3v) is 5.51. The molecule has 7 nitrogen and oxygen atoms in total. The second-order valence-electron chi connectivity index (χ2n) is 6.80. The molecule has 1 saturated carbocycles. The number of carbonyl (C=O) groups excluding carboxylic acids is 1. The Hall–Kier alpha value is -1.93. The maximum Gasteiger partial charge on any atom is 0.230 e. The van der Waals surface area contributed by atoms with Crippen LogP contribution in [0.25, 0.3) is 0 Å². The van der Waals surface area contributed by atoms with E-state index in [4.69, 9.17) is 0 Å². The molecule has 0 radical (unpaired) electrons. The van der Waals surface area contributed by atoms with Gasteiger partial charge in [-0.2, -0.15) is 0 Å². The van der Waals surface area contributed by atoms with E-state index in [2.05, 4.69) is 56.9 Å². The molecular weight excluding hydrogens is 348 g/mol. The van der Waals surface area contributed by atoms with Gasteiger partial charge in [0.15, 0.2) is 0 Å². The minimum Gasteiger partial charge on any atom is -0.353 e. The number of hydrogen-bond acceptors (Lipinski definition) is 6. The number of thioether (sulfide) groups is 1. The normalized spacial score (nSPS) is 15.2. The number of benzene rings is 1. The summed E-state index contributed by atoms with van der Waals surface area (Å²) in [5, 5.41) is 15.5. The first-order valence-corrected chi connectivity index (χ1v) is 9.99. The van der Waals surface area contributed by atoms with Gasteiger partial charge in [0.2, 0.25) is 11.1 Å². The van der Waals surface area contributed by atoms with Gasteiger partial charge in [-0.3, -0.25) is 4.79 Å². The molecule has 1 aromatic carbocycles. The molecule has 1 amide bonds. The van der Waals surface area contributed by atoms with E-state index < -0.39 is 0 Å². The summed E-state index contributed by atoms with van der Waals surface area (Å²) in [5.74, 6) is 0.319. The maximum absolute atomic E-state index is 12.3. The zero-order valence-corrected chi connectivity index (χ0v) is 16.4. The Morgan fingerprint density at radius 2 is 2.08 bits per heavy atom. The summed E-state index contributed by atoms with van der Waals surface area (Å²) in [6.07, 6.45) is 3.26. The Kier molecular flexibility index (Phi) is 6.26. The van der Waals surface area contributed by atoms with Crippen LogP contribution in [-0.2, 0) is 11.2 Å². The van der Waals surface area contributed by atoms with Crippen LogP contribution in [-0.4, -0.2) is 57.4 Å². The van der Waals surface area contributed by atoms with E-state index in [9.17, 15) is 4.79 Å². The van der Waals surface area contributed by atoms with E-state index in [1.165, 1.54) is 22.9 Å². The first kappa shape index (κ1) is 18.8. The lowest BCUT2D eigenvalue weighted by Crippen LogP contribution is -2.35. The fraction of sp³-hybridized carbons (Fsp3) is 0.556. The van der Waals surface area contributed by atoms with Crippen molar-refractivity contribution in [3.63, 3.8) is 0 Å². The van der Waals surface area contributed by atoms with Gasteiger partial charge in [0.1, 0.15) is 0 Å². The van der Waals surface area contributed by atoms with Gasteiger partial charge in [-0.1, -0.05) is 43.0 Å². The summed E-state index contributed by atoms with van der Waals surface area (Å²) in [6, 6.07) is 9.16. The molecule has 1 fully saturated rings. The van der Waals surface area contributed by atoms with Gasteiger partial charge >= 0.3 is 0 Å². The molecule has 1 aliphatic carbocycles. The van der Waals surface area contributed by atoms with E-state index in [-0.39, 0.29) is 11.9 Å². The van der Waals surface area contributed by atoms with E-state index >= 15 is 0 Å². The lowest BCUT2D eigenvalue weighted by Gasteiger charge is -2.25. The summed E-state index contributed by atoms with van der Waals surface area (Å²) in [7, 11) is 4.06. The molecule has 1 heterocycles. The van der Waals surface area contributed by atoms with Crippen LogP contribution in [0.5, 0.6) is 0 Å². The van der Waals surface area contributed by atoms with Crippen LogP contribution < -0.4 is 5.32 Å². The molecule has 140 valence electrons. The summed E-state index contributed by atoms with van der Waals surface area (Å²) >= 11 is 1.39. The lowest BCUT2D eigenvalue weighted by atomic mass is 10.0. The topological polar surface area (TPSA) is 75.9 Å². The number of amides is 1. The fourth-order valence-corrected chi connectivity index (χ4v) is 3.57. The predicted octanol–water partition coefficient (Wildman–Crippen LogP) is 2.08. The molecule has 1 aromatic heterocycles. The van der Waals surface area contributed by atoms with Crippen molar-refractivity contribution in [3.05, 3.63) is 35.4 Å². The Morgan fingerprint density at radius 3 is 2.69 bits per heavy atom. The average Bonchev–Trinajstić information content (AvgIpc) is 3.38. The van der Waals surface area contributed by atoms with Crippen LogP contribution in [0, 0.1) is 0 Å². The van der Waals surface area contributed by atoms with E-state index in [0.29, 0.717) is 18.3 Å². The number of nitrogens with one attached hydrogen (secondary N) is 1. The van der Waals surface area contributed by atoms with Crippen LogP contribution >= 0.6 is 11.8 Å². The molecule has 1 atom stereocenters. The Bertz CT molecular complexity index is 726. The largest absolute Gasteiger partial charge is 0.353 e. The molecule has 1 N–H and O–H groups in total. The monoisotopic (exact) mass is 374 g/mol. The van der Waals surface area contributed by atoms with Crippen molar-refractivity contribution in [2.45, 2.75) is 43.4 Å². The van der Waals surface area contributed by atoms with Crippen molar-refractivity contribution >= 4 is 17.7 Å². The van der Waals surface area contributed by atoms with Crippen LogP contribution in [0.3, 0.4) is 0 Å². The highest BCUT2D eigenvalue weighted by atomic mass is 32.2. The van der Waals surface area contributed by atoms with Gasteiger partial charge in [-0.15, -0.1) is 5.10 Å². The number of nitrogens with zero attached hydrogens (tertiary/aromatic N) is 5. The van der Waals surface area contributed by atoms with Crippen LogP contribution in [0.15, 0.2) is 29.4 Å². The van der Waals surface area contributed by atoms with Gasteiger partial charge in [0.25, 0.3) is 0 Å². The number of rotatable bonds is 9. The zero-order valence-electron chi connectivity index (χ0n) is 15.6. The van der Waals surface area contributed by atoms with E-state index in [0.717, 1.165) is 24.4 Å². The Labute approximate surface area is 158 Å². The van der Waals surface area contributed by atoms with Crippen LogP contribution in [0.4, 0.5) is 0 Å². The highest BCUT2D eigenvalue weighted by Gasteiger charge is 2.28. The molecule has 1 unspecified atom stereocenters. The quantitative estimate of drug-likeness (QED) is 0.677. The second-order valence-corrected chi connectivity index (χ2v) is 7.75. The van der Waals surface area contributed by atoms with Gasteiger partial charge < -0.3 is 10.2 Å². The number of likely N-dealkylation sites (N-methyl/N-ethyl adjacent to an activating group) is 1. The smallest absolute Gasteiger partial charge is 0.230 e. The Balaban J connectivity index is 1.51. The second kappa shape index (κ2) is 8.64. The first-order chi connectivity index (χ1) is 12.6. The molecular formula is C18H26N6OS. The summed E-state index contributed by atoms with van der Waals surface area (Å²) in [6.45, 7) is 2.72. The number of aryl methyl sites for hydroxylation is 1. The summed E-state index contributed by atoms with van der Waals surface area (Å²) in [4.78, 5) is 14.4. The summed E-state index contributed by atoms with van der Waals surface area (Å²) in [5.41, 5.74) is 2.53. The first-order valence-electron chi connectivity index (χ1n) is 9.01. The number of carbonyl (C=O) groups is 1. The van der Waals surface area contributed by atoms with Gasteiger partial charge in [-0.25, -0.2) is 4.68 Å². The number of tetrazole rings is 1. The van der Waals surface area contributed by atoms with Gasteiger partial charge in [0.05, 0.1) is 17.8 Å². The van der Waals surface area contributed by atoms with Crippen molar-refractivity contribution in [1.82, 2.24) is 30.4 Å². The van der Waals surface area contributed by atoms with Crippen molar-refractivity contribution in [2.75, 3.05) is 26.4 Å². The number of hydrogen-bond donors (Lipinski definition) is 1. The average molecular weight is 375 g/mol. The molecule has 0 spiro atoms. The van der Waals surface area contributed by atoms with Gasteiger partial charge in [-0.05, 0) is 54.9 Å². The molecule has 26 heavy (non-hydrogen) atoms. The standard InChI is InChI=1S/C18H26N6OS/c1-4-13-5-7-14(8-6-13)16(23(2)3)11-19-17(25)12-26-18-20-21-22-24(18)15-9-10-15/h5-8,15-16H,4,9-12H2,1-3H3,(H,19,25). The van der Waals surface area contributed by atoms with Crippen molar-refractivity contribution < 1.29 is 4.79 Å². The van der Waals surface area contributed by atoms with Crippen LogP contribution in [0.2, 0.25) is 0 Å². The molecule has 0 saturated heterocycles. The number of aromatic nitrogens is 4. The molecule has 0 aliphatic heterocycles. The lowest BCUT2D eigenvalue weighted by molar-refractivity contribution is -0.118. The van der Waals surface area contributed by atoms with Crippen molar-refractivity contribution in [1.29, 1.82) is 0 Å². The van der Waals surface area contributed by atoms with Crippen molar-refractivity contribution in [2.24, 2.45) is 0 Å². The molecule has 0 bridgehead atoms. The molecule has 1 aliphatic rings. The molecule has 2 aromatic rings. The Morgan fingerprint density at radius 1 is 1.35 bits per heavy atom. The van der Waals surface area contributed by atoms with E-state index in [1.54, 1.807) is 0 Å². The predicted molar refractivity (Wildman–Crippen MR) is 102 cm³/mol. The molecule has 8 heteroatoms. The SMILES string of the molecule is CCc1ccc(C(CNC(=O)CSc2nnnn2C2CC2)N(C)C)cc1. The van der Waals surface area contributed by atoms with Crippen LogP contribution in [0.1, 0.15) is 43.0 Å². The summed E-state index contributed by atoms with van der Waals surface area (Å²) < 4.78 is 1.83.